The zero-order valence-corrected chi connectivity index (χ0v) is 20.3. The third-order valence-corrected chi connectivity index (χ3v) is 8.03. The van der Waals surface area contributed by atoms with Crippen LogP contribution in [0.3, 0.4) is 0 Å². The van der Waals surface area contributed by atoms with Crippen molar-refractivity contribution in [3.05, 3.63) is 82.9 Å². The van der Waals surface area contributed by atoms with E-state index in [4.69, 9.17) is 11.6 Å². The standard InChI is InChI=1S/C23H19ClN4OS3/c1-15(19-8-4-6-17-5-2-3-7-20(17)19)25-26-21(29)14-31-23-28-27-22(32-23)30-13-16-9-11-18(24)12-10-16/h2-12H,13-14H2,1H3,(H,26,29)/b25-15-. The summed E-state index contributed by atoms with van der Waals surface area (Å²) in [5.74, 6) is 0.835. The van der Waals surface area contributed by atoms with Gasteiger partial charge in [-0.05, 0) is 35.4 Å². The van der Waals surface area contributed by atoms with Gasteiger partial charge in [0.1, 0.15) is 0 Å². The molecule has 0 spiro atoms. The maximum Gasteiger partial charge on any atom is 0.250 e. The average Bonchev–Trinajstić information content (AvgIpc) is 3.28. The molecule has 1 aromatic heterocycles. The number of rotatable bonds is 8. The fourth-order valence-corrected chi connectivity index (χ4v) is 5.84. The molecular weight excluding hydrogens is 480 g/mol. The van der Waals surface area contributed by atoms with Gasteiger partial charge < -0.3 is 0 Å². The average molecular weight is 499 g/mol. The number of hydrogen-bond acceptors (Lipinski definition) is 7. The Bertz CT molecular complexity index is 1250. The van der Waals surface area contributed by atoms with Gasteiger partial charge in [0, 0.05) is 16.3 Å². The predicted molar refractivity (Wildman–Crippen MR) is 136 cm³/mol. The van der Waals surface area contributed by atoms with Crippen LogP contribution in [0.15, 0.2) is 80.5 Å². The first-order valence-corrected chi connectivity index (χ1v) is 12.9. The molecule has 0 saturated heterocycles. The first kappa shape index (κ1) is 22.8. The summed E-state index contributed by atoms with van der Waals surface area (Å²) < 4.78 is 1.63. The molecule has 0 bridgehead atoms. The minimum atomic E-state index is -0.180. The van der Waals surface area contributed by atoms with Crippen LogP contribution in [0.25, 0.3) is 10.8 Å². The number of thioether (sulfide) groups is 2. The first-order chi connectivity index (χ1) is 15.6. The van der Waals surface area contributed by atoms with Gasteiger partial charge in [0.25, 0.3) is 5.91 Å². The Hall–Kier alpha value is -2.39. The lowest BCUT2D eigenvalue weighted by Gasteiger charge is -2.06. The fraction of sp³-hybridized carbons (Fsp3) is 0.130. The summed E-state index contributed by atoms with van der Waals surface area (Å²) in [5, 5.41) is 15.6. The maximum absolute atomic E-state index is 12.3. The molecule has 4 aromatic rings. The smallest absolute Gasteiger partial charge is 0.250 e. The molecule has 0 fully saturated rings. The molecule has 9 heteroatoms. The second kappa shape index (κ2) is 11.0. The molecule has 162 valence electrons. The molecule has 32 heavy (non-hydrogen) atoms. The Labute approximate surface area is 203 Å². The highest BCUT2D eigenvalue weighted by molar-refractivity contribution is 8.03. The van der Waals surface area contributed by atoms with Crippen molar-refractivity contribution in [2.45, 2.75) is 21.4 Å². The van der Waals surface area contributed by atoms with Crippen LogP contribution in [-0.2, 0) is 10.5 Å². The van der Waals surface area contributed by atoms with E-state index in [2.05, 4.69) is 38.9 Å². The molecule has 1 heterocycles. The molecule has 0 aliphatic carbocycles. The van der Waals surface area contributed by atoms with E-state index in [1.54, 1.807) is 11.8 Å². The zero-order chi connectivity index (χ0) is 22.3. The topological polar surface area (TPSA) is 67.2 Å². The summed E-state index contributed by atoms with van der Waals surface area (Å²) in [6.45, 7) is 1.89. The summed E-state index contributed by atoms with van der Waals surface area (Å²) in [7, 11) is 0. The number of nitrogens with one attached hydrogen (secondary N) is 1. The summed E-state index contributed by atoms with van der Waals surface area (Å²) in [4.78, 5) is 12.3. The molecule has 0 saturated carbocycles. The summed E-state index contributed by atoms with van der Waals surface area (Å²) in [6, 6.07) is 21.9. The predicted octanol–water partition coefficient (Wildman–Crippen LogP) is 6.27. The van der Waals surface area contributed by atoms with Crippen molar-refractivity contribution in [3.63, 3.8) is 0 Å². The molecule has 1 amide bonds. The van der Waals surface area contributed by atoms with Crippen LogP contribution >= 0.6 is 46.5 Å². The number of hydrazone groups is 1. The molecule has 1 N–H and O–H groups in total. The van der Waals surface area contributed by atoms with Crippen LogP contribution in [0.4, 0.5) is 0 Å². The molecule has 0 atom stereocenters. The van der Waals surface area contributed by atoms with Crippen LogP contribution in [0, 0.1) is 0 Å². The van der Waals surface area contributed by atoms with E-state index in [0.717, 1.165) is 41.5 Å². The summed E-state index contributed by atoms with van der Waals surface area (Å²) in [5.41, 5.74) is 5.57. The number of nitrogens with zero attached hydrogens (tertiary/aromatic N) is 3. The monoisotopic (exact) mass is 498 g/mol. The highest BCUT2D eigenvalue weighted by Gasteiger charge is 2.10. The maximum atomic E-state index is 12.3. The number of halogens is 1. The van der Waals surface area contributed by atoms with Gasteiger partial charge in [-0.15, -0.1) is 10.2 Å². The molecule has 0 unspecified atom stereocenters. The molecule has 0 aliphatic heterocycles. The van der Waals surface area contributed by atoms with Gasteiger partial charge in [-0.25, -0.2) is 5.43 Å². The number of benzene rings is 3. The van der Waals surface area contributed by atoms with Crippen LogP contribution < -0.4 is 5.43 Å². The fourth-order valence-electron chi connectivity index (χ4n) is 2.95. The Morgan fingerprint density at radius 2 is 1.72 bits per heavy atom. The number of fused-ring (bicyclic) bond motifs is 1. The van der Waals surface area contributed by atoms with E-state index >= 15 is 0 Å². The zero-order valence-electron chi connectivity index (χ0n) is 17.1. The van der Waals surface area contributed by atoms with Crippen molar-refractivity contribution in [1.29, 1.82) is 0 Å². The van der Waals surface area contributed by atoms with Gasteiger partial charge in [-0.1, -0.05) is 101 Å². The van der Waals surface area contributed by atoms with Gasteiger partial charge >= 0.3 is 0 Å². The second-order valence-electron chi connectivity index (χ2n) is 6.80. The number of amides is 1. The lowest BCUT2D eigenvalue weighted by molar-refractivity contribution is -0.118. The summed E-state index contributed by atoms with van der Waals surface area (Å²) >= 11 is 10.4. The highest BCUT2D eigenvalue weighted by Crippen LogP contribution is 2.30. The third kappa shape index (κ3) is 6.10. The van der Waals surface area contributed by atoms with Crippen molar-refractivity contribution in [1.82, 2.24) is 15.6 Å². The Morgan fingerprint density at radius 3 is 2.53 bits per heavy atom. The van der Waals surface area contributed by atoms with Crippen molar-refractivity contribution >= 4 is 68.9 Å². The summed E-state index contributed by atoms with van der Waals surface area (Å²) in [6.07, 6.45) is 0. The normalized spacial score (nSPS) is 11.6. The quantitative estimate of drug-likeness (QED) is 0.176. The van der Waals surface area contributed by atoms with Gasteiger partial charge in [0.05, 0.1) is 11.5 Å². The molecule has 0 radical (unpaired) electrons. The van der Waals surface area contributed by atoms with Gasteiger partial charge in [-0.2, -0.15) is 5.10 Å². The van der Waals surface area contributed by atoms with E-state index in [1.165, 1.54) is 28.7 Å². The van der Waals surface area contributed by atoms with Crippen LogP contribution in [-0.4, -0.2) is 27.6 Å². The Morgan fingerprint density at radius 1 is 1.00 bits per heavy atom. The second-order valence-corrected chi connectivity index (χ2v) is 10.7. The number of carbonyl (C=O) groups is 1. The van der Waals surface area contributed by atoms with Crippen LogP contribution in [0.5, 0.6) is 0 Å². The Kier molecular flexibility index (Phi) is 7.81. The minimum Gasteiger partial charge on any atom is -0.272 e. The van der Waals surface area contributed by atoms with Crippen molar-refractivity contribution in [2.24, 2.45) is 5.10 Å². The third-order valence-electron chi connectivity index (χ3n) is 4.52. The van der Waals surface area contributed by atoms with E-state index < -0.39 is 0 Å². The lowest BCUT2D eigenvalue weighted by Crippen LogP contribution is -2.21. The number of aromatic nitrogens is 2. The molecule has 4 rings (SSSR count). The molecule has 0 aliphatic rings. The van der Waals surface area contributed by atoms with Gasteiger partial charge in [0.15, 0.2) is 8.68 Å². The Balaban J connectivity index is 1.28. The van der Waals surface area contributed by atoms with E-state index in [9.17, 15) is 4.79 Å². The van der Waals surface area contributed by atoms with Gasteiger partial charge in [-0.3, -0.25) is 4.79 Å². The number of carbonyl (C=O) groups excluding carboxylic acids is 1. The highest BCUT2D eigenvalue weighted by atomic mass is 35.5. The van der Waals surface area contributed by atoms with Crippen molar-refractivity contribution in [2.75, 3.05) is 5.75 Å². The van der Waals surface area contributed by atoms with E-state index in [0.29, 0.717) is 0 Å². The largest absolute Gasteiger partial charge is 0.272 e. The van der Waals surface area contributed by atoms with Crippen molar-refractivity contribution < 1.29 is 4.79 Å². The van der Waals surface area contributed by atoms with Crippen molar-refractivity contribution in [3.8, 4) is 0 Å². The SMILES string of the molecule is C/C(=N/NC(=O)CSc1nnc(SCc2ccc(Cl)cc2)s1)c1cccc2ccccc12. The molecular formula is C23H19ClN4OS3. The molecule has 3 aromatic carbocycles. The van der Waals surface area contributed by atoms with Crippen LogP contribution in [0.1, 0.15) is 18.1 Å². The first-order valence-electron chi connectivity index (χ1n) is 9.73. The van der Waals surface area contributed by atoms with Crippen LogP contribution in [0.2, 0.25) is 5.02 Å². The minimum absolute atomic E-state index is 0.180. The van der Waals surface area contributed by atoms with Gasteiger partial charge in [0.2, 0.25) is 0 Å². The van der Waals surface area contributed by atoms with E-state index in [1.807, 2.05) is 55.5 Å². The lowest BCUT2D eigenvalue weighted by atomic mass is 10.0. The molecule has 5 nitrogen and oxygen atoms in total. The van der Waals surface area contributed by atoms with E-state index in [-0.39, 0.29) is 11.7 Å². The number of hydrogen-bond donors (Lipinski definition) is 1.